The average molecular weight is 194 g/mol. The normalized spacial score (nSPS) is 20.3. The Kier molecular flexibility index (Phi) is 2.65. The highest BCUT2D eigenvalue weighted by atomic mass is 16.5. The second kappa shape index (κ2) is 3.94. The zero-order valence-electron chi connectivity index (χ0n) is 8.41. The number of nitrogens with zero attached hydrogens (tertiary/aromatic N) is 1. The molecule has 0 aliphatic carbocycles. The van der Waals surface area contributed by atoms with Gasteiger partial charge in [0.15, 0.2) is 0 Å². The van der Waals surface area contributed by atoms with Gasteiger partial charge in [-0.1, -0.05) is 0 Å². The smallest absolute Gasteiger partial charge is 0.213 e. The number of hydrogen-bond acceptors (Lipinski definition) is 4. The van der Waals surface area contributed by atoms with Crippen molar-refractivity contribution in [2.24, 2.45) is 0 Å². The van der Waals surface area contributed by atoms with Gasteiger partial charge >= 0.3 is 0 Å². The molecule has 1 aliphatic heterocycles. The molecule has 1 unspecified atom stereocenters. The maximum absolute atomic E-state index is 5.30. The van der Waals surface area contributed by atoms with E-state index in [0.717, 1.165) is 18.5 Å². The lowest BCUT2D eigenvalue weighted by Gasteiger charge is -2.25. The average Bonchev–Trinajstić information content (AvgIpc) is 2.27. The van der Waals surface area contributed by atoms with Gasteiger partial charge in [0.1, 0.15) is 6.23 Å². The molecule has 2 heterocycles. The van der Waals surface area contributed by atoms with Crippen LogP contribution in [-0.4, -0.2) is 25.7 Å². The minimum absolute atomic E-state index is 0.0304. The third kappa shape index (κ3) is 1.58. The van der Waals surface area contributed by atoms with Crippen molar-refractivity contribution in [2.75, 3.05) is 20.8 Å². The highest BCUT2D eigenvalue weighted by Crippen LogP contribution is 2.24. The molecule has 14 heavy (non-hydrogen) atoms. The topological polar surface area (TPSA) is 43.4 Å². The first-order valence-electron chi connectivity index (χ1n) is 4.64. The summed E-state index contributed by atoms with van der Waals surface area (Å²) in [7, 11) is 3.32. The van der Waals surface area contributed by atoms with Crippen LogP contribution in [0.2, 0.25) is 0 Å². The highest BCUT2D eigenvalue weighted by molar-refractivity contribution is 5.32. The predicted octanol–water partition coefficient (Wildman–Crippen LogP) is 0.881. The number of fused-ring (bicyclic) bond motifs is 1. The molecule has 0 spiro atoms. The van der Waals surface area contributed by atoms with Crippen LogP contribution in [0.1, 0.15) is 17.4 Å². The van der Waals surface area contributed by atoms with Crippen LogP contribution in [0, 0.1) is 0 Å². The fraction of sp³-hybridized carbons (Fsp3) is 0.500. The molecule has 4 heteroatoms. The lowest BCUT2D eigenvalue weighted by Crippen LogP contribution is -2.31. The van der Waals surface area contributed by atoms with E-state index in [1.165, 1.54) is 5.56 Å². The van der Waals surface area contributed by atoms with E-state index in [1.807, 2.05) is 12.3 Å². The van der Waals surface area contributed by atoms with E-state index in [4.69, 9.17) is 9.47 Å². The molecule has 0 saturated heterocycles. The summed E-state index contributed by atoms with van der Waals surface area (Å²) < 4.78 is 10.4. The third-order valence-electron chi connectivity index (χ3n) is 2.45. The Morgan fingerprint density at radius 3 is 3.07 bits per heavy atom. The summed E-state index contributed by atoms with van der Waals surface area (Å²) >= 11 is 0. The molecule has 0 amide bonds. The molecule has 1 N–H and O–H groups in total. The molecular weight excluding hydrogens is 180 g/mol. The van der Waals surface area contributed by atoms with Gasteiger partial charge in [-0.2, -0.15) is 0 Å². The van der Waals surface area contributed by atoms with Crippen LogP contribution < -0.4 is 10.1 Å². The SMILES string of the molecule is COc1cc2c(cn1)C(OC)NCC2. The van der Waals surface area contributed by atoms with E-state index in [-0.39, 0.29) is 6.23 Å². The number of pyridine rings is 1. The first kappa shape index (κ1) is 9.43. The van der Waals surface area contributed by atoms with Gasteiger partial charge in [-0.3, -0.25) is 5.32 Å². The van der Waals surface area contributed by atoms with Crippen molar-refractivity contribution in [1.29, 1.82) is 0 Å². The first-order chi connectivity index (χ1) is 6.85. The van der Waals surface area contributed by atoms with E-state index in [0.29, 0.717) is 5.88 Å². The summed E-state index contributed by atoms with van der Waals surface area (Å²) in [5.74, 6) is 0.667. The number of ether oxygens (including phenoxy) is 2. The Hall–Kier alpha value is -1.13. The first-order valence-corrected chi connectivity index (χ1v) is 4.64. The van der Waals surface area contributed by atoms with Gasteiger partial charge in [-0.05, 0) is 12.0 Å². The molecule has 1 aromatic heterocycles. The molecule has 0 bridgehead atoms. The maximum Gasteiger partial charge on any atom is 0.213 e. The van der Waals surface area contributed by atoms with Crippen LogP contribution in [0.25, 0.3) is 0 Å². The molecule has 0 aromatic carbocycles. The summed E-state index contributed by atoms with van der Waals surface area (Å²) in [5.41, 5.74) is 2.36. The van der Waals surface area contributed by atoms with Crippen LogP contribution in [-0.2, 0) is 11.2 Å². The highest BCUT2D eigenvalue weighted by Gasteiger charge is 2.19. The van der Waals surface area contributed by atoms with Crippen LogP contribution in [0.4, 0.5) is 0 Å². The van der Waals surface area contributed by atoms with Crippen LogP contribution in [0.15, 0.2) is 12.3 Å². The lowest BCUT2D eigenvalue weighted by atomic mass is 10.0. The van der Waals surface area contributed by atoms with Gasteiger partial charge in [0, 0.05) is 31.5 Å². The summed E-state index contributed by atoms with van der Waals surface area (Å²) in [6.45, 7) is 0.929. The summed E-state index contributed by atoms with van der Waals surface area (Å²) in [5, 5.41) is 3.26. The quantitative estimate of drug-likeness (QED) is 0.759. The predicted molar refractivity (Wildman–Crippen MR) is 52.2 cm³/mol. The largest absolute Gasteiger partial charge is 0.481 e. The van der Waals surface area contributed by atoms with Gasteiger partial charge < -0.3 is 9.47 Å². The number of aromatic nitrogens is 1. The zero-order valence-corrected chi connectivity index (χ0v) is 8.41. The number of nitrogens with one attached hydrogen (secondary N) is 1. The maximum atomic E-state index is 5.30. The molecule has 0 fully saturated rings. The molecular formula is C10H14N2O2. The monoisotopic (exact) mass is 194 g/mol. The Morgan fingerprint density at radius 2 is 2.36 bits per heavy atom. The van der Waals surface area contributed by atoms with E-state index in [9.17, 15) is 0 Å². The Morgan fingerprint density at radius 1 is 1.50 bits per heavy atom. The van der Waals surface area contributed by atoms with E-state index < -0.39 is 0 Å². The van der Waals surface area contributed by atoms with Gasteiger partial charge in [-0.25, -0.2) is 4.98 Å². The zero-order chi connectivity index (χ0) is 9.97. The minimum atomic E-state index is -0.0304. The van der Waals surface area contributed by atoms with E-state index in [2.05, 4.69) is 10.3 Å². The molecule has 0 saturated carbocycles. The Balaban J connectivity index is 2.35. The molecule has 1 atom stereocenters. The van der Waals surface area contributed by atoms with Crippen LogP contribution in [0.5, 0.6) is 5.88 Å². The van der Waals surface area contributed by atoms with Crippen molar-refractivity contribution in [3.05, 3.63) is 23.4 Å². The van der Waals surface area contributed by atoms with Crippen molar-refractivity contribution >= 4 is 0 Å². The number of methoxy groups -OCH3 is 2. The fourth-order valence-electron chi connectivity index (χ4n) is 1.71. The van der Waals surface area contributed by atoms with Crippen LogP contribution in [0.3, 0.4) is 0 Å². The third-order valence-corrected chi connectivity index (χ3v) is 2.45. The van der Waals surface area contributed by atoms with E-state index in [1.54, 1.807) is 14.2 Å². The van der Waals surface area contributed by atoms with Gasteiger partial charge in [0.2, 0.25) is 5.88 Å². The van der Waals surface area contributed by atoms with Gasteiger partial charge in [0.25, 0.3) is 0 Å². The van der Waals surface area contributed by atoms with Crippen molar-refractivity contribution in [1.82, 2.24) is 10.3 Å². The molecule has 2 rings (SSSR count). The van der Waals surface area contributed by atoms with Crippen LogP contribution >= 0.6 is 0 Å². The van der Waals surface area contributed by atoms with Gasteiger partial charge in [-0.15, -0.1) is 0 Å². The lowest BCUT2D eigenvalue weighted by molar-refractivity contribution is 0.0681. The molecule has 1 aromatic rings. The standard InChI is InChI=1S/C10H14N2O2/c1-13-9-5-7-3-4-11-10(14-2)8(7)6-12-9/h5-6,10-11H,3-4H2,1-2H3. The Bertz CT molecular complexity index is 328. The van der Waals surface area contributed by atoms with Crippen molar-refractivity contribution in [2.45, 2.75) is 12.6 Å². The summed E-state index contributed by atoms with van der Waals surface area (Å²) in [6.07, 6.45) is 2.78. The Labute approximate surface area is 83.2 Å². The molecule has 0 radical (unpaired) electrons. The summed E-state index contributed by atoms with van der Waals surface area (Å²) in [4.78, 5) is 4.17. The fourth-order valence-corrected chi connectivity index (χ4v) is 1.71. The molecule has 76 valence electrons. The van der Waals surface area contributed by atoms with Gasteiger partial charge in [0.05, 0.1) is 7.11 Å². The summed E-state index contributed by atoms with van der Waals surface area (Å²) in [6, 6.07) is 1.97. The second-order valence-electron chi connectivity index (χ2n) is 3.25. The number of rotatable bonds is 2. The molecule has 4 nitrogen and oxygen atoms in total. The van der Waals surface area contributed by atoms with E-state index >= 15 is 0 Å². The van der Waals surface area contributed by atoms with Crippen molar-refractivity contribution in [3.8, 4) is 5.88 Å². The minimum Gasteiger partial charge on any atom is -0.481 e. The van der Waals surface area contributed by atoms with Crippen molar-refractivity contribution in [3.63, 3.8) is 0 Å². The molecule has 1 aliphatic rings. The number of hydrogen-bond donors (Lipinski definition) is 1. The second-order valence-corrected chi connectivity index (χ2v) is 3.25. The van der Waals surface area contributed by atoms with Crippen molar-refractivity contribution < 1.29 is 9.47 Å².